The fraction of sp³-hybridized carbons (Fsp3) is 0.818. The Morgan fingerprint density at radius 3 is 2.38 bits per heavy atom. The fourth-order valence-electron chi connectivity index (χ4n) is 1.41. The average Bonchev–Trinajstić information content (AvgIpc) is 2.25. The first-order valence-electron chi connectivity index (χ1n) is 5.81. The fourth-order valence-corrected chi connectivity index (χ4v) is 1.41. The number of hydrogen-bond acceptors (Lipinski definition) is 3. The van der Waals surface area contributed by atoms with Gasteiger partial charge in [0.1, 0.15) is 0 Å². The van der Waals surface area contributed by atoms with E-state index in [1.165, 1.54) is 0 Å². The minimum atomic E-state index is -0.934. The van der Waals surface area contributed by atoms with E-state index in [4.69, 9.17) is 5.11 Å². The number of carbonyl (C=O) groups is 2. The Balaban J connectivity index is 3.55. The molecule has 0 rings (SSSR count). The van der Waals surface area contributed by atoms with Crippen molar-refractivity contribution < 1.29 is 14.7 Å². The van der Waals surface area contributed by atoms with Crippen molar-refractivity contribution >= 4 is 11.9 Å². The van der Waals surface area contributed by atoms with Crippen LogP contribution in [0, 0.1) is 0 Å². The molecule has 0 aromatic rings. The third-order valence-corrected chi connectivity index (χ3v) is 2.30. The number of rotatable bonds is 9. The third kappa shape index (κ3) is 8.23. The molecule has 5 nitrogen and oxygen atoms in total. The van der Waals surface area contributed by atoms with E-state index in [-0.39, 0.29) is 18.7 Å². The number of nitrogens with one attached hydrogen (secondary N) is 1. The van der Waals surface area contributed by atoms with E-state index in [2.05, 4.69) is 24.1 Å². The van der Waals surface area contributed by atoms with Gasteiger partial charge in [-0.1, -0.05) is 13.8 Å². The van der Waals surface area contributed by atoms with Gasteiger partial charge in [0.25, 0.3) is 0 Å². The first-order valence-corrected chi connectivity index (χ1v) is 5.81. The molecule has 0 aliphatic carbocycles. The predicted molar refractivity (Wildman–Crippen MR) is 62.3 cm³/mol. The lowest BCUT2D eigenvalue weighted by molar-refractivity contribution is -0.138. The number of likely N-dealkylation sites (N-methyl/N-ethyl adjacent to an activating group) is 1. The summed E-state index contributed by atoms with van der Waals surface area (Å²) in [6, 6.07) is 0. The number of carboxylic acid groups (broad SMARTS) is 1. The molecule has 5 heteroatoms. The molecular formula is C11H22N2O3. The molecule has 0 fully saturated rings. The van der Waals surface area contributed by atoms with Crippen LogP contribution in [0.15, 0.2) is 0 Å². The van der Waals surface area contributed by atoms with Gasteiger partial charge >= 0.3 is 5.97 Å². The van der Waals surface area contributed by atoms with Gasteiger partial charge in [-0.05, 0) is 19.5 Å². The Hall–Kier alpha value is -1.10. The summed E-state index contributed by atoms with van der Waals surface area (Å²) in [6.45, 7) is 7.62. The van der Waals surface area contributed by atoms with Crippen LogP contribution in [0.1, 0.15) is 33.1 Å². The van der Waals surface area contributed by atoms with Crippen LogP contribution in [0.25, 0.3) is 0 Å². The standard InChI is InChI=1S/C11H22N2O3/c1-3-8-13(4-2)9-7-12-10(14)5-6-11(15)16/h3-9H2,1-2H3,(H,12,14)(H,15,16). The van der Waals surface area contributed by atoms with Crippen molar-refractivity contribution in [3.05, 3.63) is 0 Å². The van der Waals surface area contributed by atoms with Crippen LogP contribution in [0.5, 0.6) is 0 Å². The Bertz CT molecular complexity index is 219. The molecule has 0 saturated carbocycles. The van der Waals surface area contributed by atoms with Crippen LogP contribution >= 0.6 is 0 Å². The van der Waals surface area contributed by atoms with Crippen molar-refractivity contribution in [2.45, 2.75) is 33.1 Å². The van der Waals surface area contributed by atoms with Crippen LogP contribution in [-0.2, 0) is 9.59 Å². The second-order valence-electron chi connectivity index (χ2n) is 3.68. The highest BCUT2D eigenvalue weighted by Crippen LogP contribution is 1.91. The first kappa shape index (κ1) is 14.9. The predicted octanol–water partition coefficient (Wildman–Crippen LogP) is 0.699. The van der Waals surface area contributed by atoms with Crippen LogP contribution in [0.3, 0.4) is 0 Å². The van der Waals surface area contributed by atoms with Gasteiger partial charge in [-0.15, -0.1) is 0 Å². The minimum Gasteiger partial charge on any atom is -0.481 e. The Kier molecular flexibility index (Phi) is 8.52. The van der Waals surface area contributed by atoms with Gasteiger partial charge in [0.05, 0.1) is 6.42 Å². The molecule has 0 aliphatic rings. The van der Waals surface area contributed by atoms with E-state index in [0.717, 1.165) is 26.1 Å². The van der Waals surface area contributed by atoms with E-state index in [0.29, 0.717) is 6.54 Å². The normalized spacial score (nSPS) is 10.4. The average molecular weight is 230 g/mol. The highest BCUT2D eigenvalue weighted by molar-refractivity contribution is 5.80. The quantitative estimate of drug-likeness (QED) is 0.611. The number of amides is 1. The number of carboxylic acids is 1. The zero-order valence-electron chi connectivity index (χ0n) is 10.2. The summed E-state index contributed by atoms with van der Waals surface area (Å²) < 4.78 is 0. The molecule has 0 unspecified atom stereocenters. The molecule has 0 heterocycles. The van der Waals surface area contributed by atoms with Gasteiger partial charge in [-0.3, -0.25) is 9.59 Å². The Morgan fingerprint density at radius 2 is 1.88 bits per heavy atom. The molecule has 0 atom stereocenters. The van der Waals surface area contributed by atoms with Gasteiger partial charge < -0.3 is 15.3 Å². The van der Waals surface area contributed by atoms with Crippen molar-refractivity contribution in [1.82, 2.24) is 10.2 Å². The molecule has 16 heavy (non-hydrogen) atoms. The summed E-state index contributed by atoms with van der Waals surface area (Å²) in [6.07, 6.45) is 1.06. The number of nitrogens with zero attached hydrogens (tertiary/aromatic N) is 1. The summed E-state index contributed by atoms with van der Waals surface area (Å²) in [7, 11) is 0. The largest absolute Gasteiger partial charge is 0.481 e. The van der Waals surface area contributed by atoms with Crippen molar-refractivity contribution in [2.75, 3.05) is 26.2 Å². The first-order chi connectivity index (χ1) is 7.60. The van der Waals surface area contributed by atoms with Gasteiger partial charge in [0.2, 0.25) is 5.91 Å². The summed E-state index contributed by atoms with van der Waals surface area (Å²) in [5, 5.41) is 11.1. The van der Waals surface area contributed by atoms with Crippen molar-refractivity contribution in [3.8, 4) is 0 Å². The molecule has 0 bridgehead atoms. The monoisotopic (exact) mass is 230 g/mol. The second kappa shape index (κ2) is 9.15. The molecule has 0 spiro atoms. The molecule has 0 aliphatic heterocycles. The van der Waals surface area contributed by atoms with E-state index in [1.54, 1.807) is 0 Å². The summed E-state index contributed by atoms with van der Waals surface area (Å²) >= 11 is 0. The van der Waals surface area contributed by atoms with Crippen molar-refractivity contribution in [2.24, 2.45) is 0 Å². The van der Waals surface area contributed by atoms with Gasteiger partial charge in [0, 0.05) is 19.5 Å². The summed E-state index contributed by atoms with van der Waals surface area (Å²) in [4.78, 5) is 23.7. The molecule has 0 aromatic carbocycles. The van der Waals surface area contributed by atoms with E-state index in [9.17, 15) is 9.59 Å². The maximum atomic E-state index is 11.2. The smallest absolute Gasteiger partial charge is 0.303 e. The third-order valence-electron chi connectivity index (χ3n) is 2.30. The van der Waals surface area contributed by atoms with Crippen LogP contribution < -0.4 is 5.32 Å². The van der Waals surface area contributed by atoms with Crippen LogP contribution in [0.2, 0.25) is 0 Å². The molecular weight excluding hydrogens is 208 g/mol. The van der Waals surface area contributed by atoms with Gasteiger partial charge in [-0.25, -0.2) is 0 Å². The second-order valence-corrected chi connectivity index (χ2v) is 3.68. The molecule has 0 aromatic heterocycles. The van der Waals surface area contributed by atoms with Crippen molar-refractivity contribution in [1.29, 1.82) is 0 Å². The molecule has 1 amide bonds. The lowest BCUT2D eigenvalue weighted by atomic mass is 10.3. The zero-order valence-corrected chi connectivity index (χ0v) is 10.2. The zero-order chi connectivity index (χ0) is 12.4. The maximum absolute atomic E-state index is 11.2. The van der Waals surface area contributed by atoms with E-state index in [1.807, 2.05) is 0 Å². The highest BCUT2D eigenvalue weighted by Gasteiger charge is 2.05. The van der Waals surface area contributed by atoms with Gasteiger partial charge in [0.15, 0.2) is 0 Å². The topological polar surface area (TPSA) is 69.6 Å². The molecule has 0 radical (unpaired) electrons. The summed E-state index contributed by atoms with van der Waals surface area (Å²) in [5.74, 6) is -1.12. The minimum absolute atomic E-state index is 0.0647. The molecule has 94 valence electrons. The highest BCUT2D eigenvalue weighted by atomic mass is 16.4. The summed E-state index contributed by atoms with van der Waals surface area (Å²) in [5.41, 5.74) is 0. The number of carbonyl (C=O) groups excluding carboxylic acids is 1. The van der Waals surface area contributed by atoms with Crippen molar-refractivity contribution in [3.63, 3.8) is 0 Å². The van der Waals surface area contributed by atoms with E-state index >= 15 is 0 Å². The van der Waals surface area contributed by atoms with E-state index < -0.39 is 5.97 Å². The molecule has 0 saturated heterocycles. The Morgan fingerprint density at radius 1 is 1.19 bits per heavy atom. The molecule has 2 N–H and O–H groups in total. The van der Waals surface area contributed by atoms with Gasteiger partial charge in [-0.2, -0.15) is 0 Å². The Labute approximate surface area is 96.8 Å². The maximum Gasteiger partial charge on any atom is 0.303 e. The number of aliphatic carboxylic acids is 1. The number of hydrogen-bond donors (Lipinski definition) is 2. The SMILES string of the molecule is CCCN(CC)CCNC(=O)CCC(=O)O. The van der Waals surface area contributed by atoms with Crippen LogP contribution in [0.4, 0.5) is 0 Å². The lowest BCUT2D eigenvalue weighted by Crippen LogP contribution is -2.35. The lowest BCUT2D eigenvalue weighted by Gasteiger charge is -2.19. The van der Waals surface area contributed by atoms with Crippen LogP contribution in [-0.4, -0.2) is 48.1 Å².